The first kappa shape index (κ1) is 15.2. The zero-order valence-corrected chi connectivity index (χ0v) is 13.3. The summed E-state index contributed by atoms with van der Waals surface area (Å²) in [5, 5.41) is 0. The Balaban J connectivity index is 2.16. The van der Waals surface area contributed by atoms with Crippen LogP contribution in [0.25, 0.3) is 0 Å². The third kappa shape index (κ3) is 4.42. The van der Waals surface area contributed by atoms with Gasteiger partial charge in [-0.1, -0.05) is 29.8 Å². The van der Waals surface area contributed by atoms with Crippen molar-refractivity contribution in [3.8, 4) is 5.75 Å². The van der Waals surface area contributed by atoms with Crippen molar-refractivity contribution in [2.75, 3.05) is 17.7 Å². The van der Waals surface area contributed by atoms with Crippen LogP contribution in [-0.2, 0) is 6.54 Å². The minimum atomic E-state index is 0.141. The Morgan fingerprint density at radius 1 is 1.10 bits per heavy atom. The SMILES string of the molecule is Cc1ccc(CN(C)c2cc(N)cc(OC(C)C)c2)cc1. The Morgan fingerprint density at radius 2 is 1.76 bits per heavy atom. The molecule has 0 radical (unpaired) electrons. The van der Waals surface area contributed by atoms with Crippen LogP contribution >= 0.6 is 0 Å². The van der Waals surface area contributed by atoms with Crippen molar-refractivity contribution in [2.45, 2.75) is 33.4 Å². The third-order valence-electron chi connectivity index (χ3n) is 3.27. The highest BCUT2D eigenvalue weighted by molar-refractivity contribution is 5.60. The molecule has 0 fully saturated rings. The number of hydrogen-bond donors (Lipinski definition) is 1. The van der Waals surface area contributed by atoms with Gasteiger partial charge in [0.2, 0.25) is 0 Å². The van der Waals surface area contributed by atoms with Crippen LogP contribution in [-0.4, -0.2) is 13.2 Å². The first-order valence-corrected chi connectivity index (χ1v) is 7.28. The number of nitrogens with zero attached hydrogens (tertiary/aromatic N) is 1. The van der Waals surface area contributed by atoms with E-state index < -0.39 is 0 Å². The van der Waals surface area contributed by atoms with Crippen LogP contribution in [0.1, 0.15) is 25.0 Å². The predicted octanol–water partition coefficient (Wildman–Crippen LogP) is 4.00. The van der Waals surface area contributed by atoms with Gasteiger partial charge in [-0.05, 0) is 32.4 Å². The Kier molecular flexibility index (Phi) is 4.73. The smallest absolute Gasteiger partial charge is 0.123 e. The summed E-state index contributed by atoms with van der Waals surface area (Å²) in [6.07, 6.45) is 0.141. The second-order valence-corrected chi connectivity index (χ2v) is 5.77. The molecule has 3 heteroatoms. The Labute approximate surface area is 127 Å². The van der Waals surface area contributed by atoms with Gasteiger partial charge in [0, 0.05) is 37.1 Å². The average Bonchev–Trinajstić information content (AvgIpc) is 2.40. The fourth-order valence-corrected chi connectivity index (χ4v) is 2.23. The normalized spacial score (nSPS) is 10.7. The van der Waals surface area contributed by atoms with Gasteiger partial charge in [0.15, 0.2) is 0 Å². The van der Waals surface area contributed by atoms with E-state index in [1.807, 2.05) is 32.0 Å². The molecule has 0 aliphatic carbocycles. The zero-order valence-electron chi connectivity index (χ0n) is 13.3. The van der Waals surface area contributed by atoms with Crippen molar-refractivity contribution in [3.05, 3.63) is 53.6 Å². The fraction of sp³-hybridized carbons (Fsp3) is 0.333. The second kappa shape index (κ2) is 6.53. The summed E-state index contributed by atoms with van der Waals surface area (Å²) in [5.74, 6) is 0.816. The maximum absolute atomic E-state index is 5.98. The maximum Gasteiger partial charge on any atom is 0.123 e. The lowest BCUT2D eigenvalue weighted by Crippen LogP contribution is -2.17. The summed E-state index contributed by atoms with van der Waals surface area (Å²) >= 11 is 0. The lowest BCUT2D eigenvalue weighted by Gasteiger charge is -2.21. The molecule has 0 aliphatic heterocycles. The van der Waals surface area contributed by atoms with Gasteiger partial charge in [-0.25, -0.2) is 0 Å². The topological polar surface area (TPSA) is 38.5 Å². The minimum absolute atomic E-state index is 0.141. The van der Waals surface area contributed by atoms with Gasteiger partial charge >= 0.3 is 0 Å². The van der Waals surface area contributed by atoms with Gasteiger partial charge in [-0.15, -0.1) is 0 Å². The number of ether oxygens (including phenoxy) is 1. The monoisotopic (exact) mass is 284 g/mol. The molecule has 0 saturated heterocycles. The van der Waals surface area contributed by atoms with Crippen molar-refractivity contribution in [1.82, 2.24) is 0 Å². The van der Waals surface area contributed by atoms with Crippen LogP contribution in [0.3, 0.4) is 0 Å². The summed E-state index contributed by atoms with van der Waals surface area (Å²) < 4.78 is 5.75. The number of nitrogens with two attached hydrogens (primary N) is 1. The predicted molar refractivity (Wildman–Crippen MR) is 89.9 cm³/mol. The minimum Gasteiger partial charge on any atom is -0.491 e. The molecule has 0 saturated carbocycles. The van der Waals surface area contributed by atoms with Gasteiger partial charge in [0.25, 0.3) is 0 Å². The Hall–Kier alpha value is -2.16. The molecule has 21 heavy (non-hydrogen) atoms. The summed E-state index contributed by atoms with van der Waals surface area (Å²) in [6, 6.07) is 14.5. The molecule has 0 amide bonds. The van der Waals surface area contributed by atoms with E-state index in [1.54, 1.807) is 0 Å². The van der Waals surface area contributed by atoms with Gasteiger partial charge in [0.05, 0.1) is 6.10 Å². The van der Waals surface area contributed by atoms with Gasteiger partial charge in [-0.3, -0.25) is 0 Å². The number of anilines is 2. The van der Waals surface area contributed by atoms with Crippen molar-refractivity contribution in [1.29, 1.82) is 0 Å². The van der Waals surface area contributed by atoms with E-state index in [0.717, 1.165) is 23.7 Å². The first-order valence-electron chi connectivity index (χ1n) is 7.28. The van der Waals surface area contributed by atoms with E-state index in [2.05, 4.69) is 43.1 Å². The zero-order chi connectivity index (χ0) is 15.4. The molecule has 2 aromatic rings. The quantitative estimate of drug-likeness (QED) is 0.843. The van der Waals surface area contributed by atoms with Crippen molar-refractivity contribution >= 4 is 11.4 Å². The molecule has 0 atom stereocenters. The fourth-order valence-electron chi connectivity index (χ4n) is 2.23. The summed E-state index contributed by atoms with van der Waals surface area (Å²) in [5.41, 5.74) is 10.3. The van der Waals surface area contributed by atoms with Crippen molar-refractivity contribution in [2.24, 2.45) is 0 Å². The van der Waals surface area contributed by atoms with Gasteiger partial charge in [0.1, 0.15) is 5.75 Å². The van der Waals surface area contributed by atoms with E-state index in [0.29, 0.717) is 0 Å². The molecule has 0 unspecified atom stereocenters. The molecule has 2 aromatic carbocycles. The van der Waals surface area contributed by atoms with E-state index in [9.17, 15) is 0 Å². The summed E-state index contributed by atoms with van der Waals surface area (Å²) in [4.78, 5) is 2.17. The van der Waals surface area contributed by atoms with E-state index in [4.69, 9.17) is 10.5 Å². The molecular weight excluding hydrogens is 260 g/mol. The standard InChI is InChI=1S/C18H24N2O/c1-13(2)21-18-10-16(19)9-17(11-18)20(4)12-15-7-5-14(3)6-8-15/h5-11,13H,12,19H2,1-4H3. The van der Waals surface area contributed by atoms with Gasteiger partial charge in [-0.2, -0.15) is 0 Å². The Bertz CT molecular complexity index is 591. The number of nitrogen functional groups attached to an aromatic ring is 1. The van der Waals surface area contributed by atoms with Crippen LogP contribution in [0.5, 0.6) is 5.75 Å². The third-order valence-corrected chi connectivity index (χ3v) is 3.27. The molecule has 112 valence electrons. The van der Waals surface area contributed by atoms with Gasteiger partial charge < -0.3 is 15.4 Å². The van der Waals surface area contributed by atoms with E-state index in [1.165, 1.54) is 11.1 Å². The van der Waals surface area contributed by atoms with E-state index >= 15 is 0 Å². The molecule has 0 heterocycles. The van der Waals surface area contributed by atoms with Crippen LogP contribution in [0, 0.1) is 6.92 Å². The second-order valence-electron chi connectivity index (χ2n) is 5.77. The van der Waals surface area contributed by atoms with E-state index in [-0.39, 0.29) is 6.10 Å². The first-order chi connectivity index (χ1) is 9.94. The van der Waals surface area contributed by atoms with Crippen molar-refractivity contribution < 1.29 is 4.74 Å². The molecule has 0 aromatic heterocycles. The van der Waals surface area contributed by atoms with Crippen molar-refractivity contribution in [3.63, 3.8) is 0 Å². The highest BCUT2D eigenvalue weighted by atomic mass is 16.5. The molecule has 2 N–H and O–H groups in total. The maximum atomic E-state index is 5.98. The van der Waals surface area contributed by atoms with Crippen LogP contribution in [0.2, 0.25) is 0 Å². The summed E-state index contributed by atoms with van der Waals surface area (Å²) in [6.45, 7) is 6.96. The lowest BCUT2D eigenvalue weighted by atomic mass is 10.1. The number of rotatable bonds is 5. The number of aryl methyl sites for hydroxylation is 1. The molecule has 2 rings (SSSR count). The number of hydrogen-bond acceptors (Lipinski definition) is 3. The summed E-state index contributed by atoms with van der Waals surface area (Å²) in [7, 11) is 2.06. The Morgan fingerprint density at radius 3 is 2.38 bits per heavy atom. The highest BCUT2D eigenvalue weighted by Crippen LogP contribution is 2.26. The molecule has 0 aliphatic rings. The van der Waals surface area contributed by atoms with Crippen LogP contribution in [0.15, 0.2) is 42.5 Å². The number of benzene rings is 2. The molecule has 3 nitrogen and oxygen atoms in total. The molecule has 0 bridgehead atoms. The van der Waals surface area contributed by atoms with Crippen LogP contribution < -0.4 is 15.4 Å². The average molecular weight is 284 g/mol. The molecule has 0 spiro atoms. The highest BCUT2D eigenvalue weighted by Gasteiger charge is 2.07. The molecular formula is C18H24N2O. The largest absolute Gasteiger partial charge is 0.491 e. The van der Waals surface area contributed by atoms with Crippen LogP contribution in [0.4, 0.5) is 11.4 Å². The lowest BCUT2D eigenvalue weighted by molar-refractivity contribution is 0.242.